The van der Waals surface area contributed by atoms with E-state index in [1.807, 2.05) is 0 Å². The van der Waals surface area contributed by atoms with Gasteiger partial charge >= 0.3 is 12.1 Å². The second-order valence-corrected chi connectivity index (χ2v) is 8.60. The van der Waals surface area contributed by atoms with Crippen LogP contribution in [0.1, 0.15) is 20.8 Å². The number of carboxylic acids is 1. The van der Waals surface area contributed by atoms with Crippen LogP contribution >= 0.6 is 0 Å². The number of amides is 1. The zero-order chi connectivity index (χ0) is 18.8. The van der Waals surface area contributed by atoms with Crippen molar-refractivity contribution in [2.75, 3.05) is 19.6 Å². The number of carboxylic acid groups (broad SMARTS) is 1. The van der Waals surface area contributed by atoms with E-state index in [0.29, 0.717) is 0 Å². The van der Waals surface area contributed by atoms with E-state index >= 15 is 0 Å². The smallest absolute Gasteiger partial charge is 0.410 e. The third-order valence-electron chi connectivity index (χ3n) is 3.62. The molecule has 8 nitrogen and oxygen atoms in total. The Hall–Kier alpha value is -2.13. The van der Waals surface area contributed by atoms with E-state index in [2.05, 4.69) is 0 Å². The van der Waals surface area contributed by atoms with Gasteiger partial charge in [-0.25, -0.2) is 13.2 Å². The highest BCUT2D eigenvalue weighted by Crippen LogP contribution is 2.22. The van der Waals surface area contributed by atoms with Gasteiger partial charge in [-0.05, 0) is 32.9 Å². The fraction of sp³-hybridized carbons (Fsp3) is 0.500. The van der Waals surface area contributed by atoms with Gasteiger partial charge < -0.3 is 14.7 Å². The molecule has 1 amide bonds. The molecule has 1 saturated heterocycles. The van der Waals surface area contributed by atoms with Crippen LogP contribution in [-0.4, -0.2) is 66.1 Å². The van der Waals surface area contributed by atoms with E-state index in [9.17, 15) is 23.1 Å². The highest BCUT2D eigenvalue weighted by molar-refractivity contribution is 7.89. The number of rotatable bonds is 3. The van der Waals surface area contributed by atoms with E-state index in [1.165, 1.54) is 17.0 Å². The highest BCUT2D eigenvalue weighted by atomic mass is 32.2. The molecule has 1 aromatic carbocycles. The lowest BCUT2D eigenvalue weighted by Gasteiger charge is -2.38. The molecule has 0 aliphatic carbocycles. The first-order chi connectivity index (χ1) is 11.5. The topological polar surface area (TPSA) is 104 Å². The minimum absolute atomic E-state index is 0.0203. The summed E-state index contributed by atoms with van der Waals surface area (Å²) >= 11 is 0. The normalized spacial score (nSPS) is 19.5. The number of piperazine rings is 1. The van der Waals surface area contributed by atoms with Crippen molar-refractivity contribution in [2.45, 2.75) is 37.3 Å². The molecule has 2 rings (SSSR count). The number of ether oxygens (including phenoxy) is 1. The maximum Gasteiger partial charge on any atom is 0.410 e. The first-order valence-corrected chi connectivity index (χ1v) is 9.24. The molecule has 1 fully saturated rings. The molecule has 1 heterocycles. The molecule has 1 aromatic rings. The molecule has 0 spiro atoms. The number of carbonyl (C=O) groups excluding carboxylic acids is 1. The maximum absolute atomic E-state index is 12.7. The SMILES string of the molecule is CC(C)(C)OC(=O)N1CCN(S(=O)(=O)c2ccccc2)C(C(=O)O)C1. The van der Waals surface area contributed by atoms with Crippen molar-refractivity contribution in [2.24, 2.45) is 0 Å². The zero-order valence-corrected chi connectivity index (χ0v) is 15.2. The Morgan fingerprint density at radius 3 is 2.28 bits per heavy atom. The van der Waals surface area contributed by atoms with Gasteiger partial charge in [0.1, 0.15) is 11.6 Å². The molecule has 1 atom stereocenters. The molecule has 9 heteroatoms. The van der Waals surface area contributed by atoms with E-state index in [0.717, 1.165) is 4.31 Å². The molecule has 1 unspecified atom stereocenters. The predicted octanol–water partition coefficient (Wildman–Crippen LogP) is 1.38. The molecule has 1 aliphatic rings. The van der Waals surface area contributed by atoms with Gasteiger partial charge in [-0.3, -0.25) is 4.79 Å². The fourth-order valence-electron chi connectivity index (χ4n) is 2.48. The van der Waals surface area contributed by atoms with E-state index in [4.69, 9.17) is 4.74 Å². The van der Waals surface area contributed by atoms with Crippen LogP contribution in [0.2, 0.25) is 0 Å². The molecule has 1 aliphatic heterocycles. The lowest BCUT2D eigenvalue weighted by Crippen LogP contribution is -2.59. The largest absolute Gasteiger partial charge is 0.480 e. The Morgan fingerprint density at radius 2 is 1.76 bits per heavy atom. The molecule has 1 N–H and O–H groups in total. The number of hydrogen-bond donors (Lipinski definition) is 1. The fourth-order valence-corrected chi connectivity index (χ4v) is 4.06. The summed E-state index contributed by atoms with van der Waals surface area (Å²) < 4.78 is 31.6. The summed E-state index contributed by atoms with van der Waals surface area (Å²) in [5.74, 6) is -1.31. The van der Waals surface area contributed by atoms with E-state index in [-0.39, 0.29) is 24.5 Å². The standard InChI is InChI=1S/C16H22N2O6S/c1-16(2,3)24-15(21)17-9-10-18(13(11-17)14(19)20)25(22,23)12-7-5-4-6-8-12/h4-8,13H,9-11H2,1-3H3,(H,19,20). The van der Waals surface area contributed by atoms with Crippen molar-refractivity contribution in [3.63, 3.8) is 0 Å². The minimum atomic E-state index is -3.97. The third-order valence-corrected chi connectivity index (χ3v) is 5.54. The van der Waals surface area contributed by atoms with Crippen LogP contribution in [0.25, 0.3) is 0 Å². The number of carbonyl (C=O) groups is 2. The number of nitrogens with zero attached hydrogens (tertiary/aromatic N) is 2. The van der Waals surface area contributed by atoms with Crippen LogP contribution in [-0.2, 0) is 19.6 Å². The molecule has 0 radical (unpaired) electrons. The van der Waals surface area contributed by atoms with Gasteiger partial charge in [-0.1, -0.05) is 18.2 Å². The second kappa shape index (κ2) is 7.01. The maximum atomic E-state index is 12.7. The summed E-state index contributed by atoms with van der Waals surface area (Å²) in [6.07, 6.45) is -0.657. The molecule has 0 bridgehead atoms. The summed E-state index contributed by atoms with van der Waals surface area (Å²) in [5.41, 5.74) is -0.719. The Labute approximate surface area is 147 Å². The average Bonchev–Trinajstić information content (AvgIpc) is 2.53. The van der Waals surface area contributed by atoms with Gasteiger partial charge in [0.2, 0.25) is 10.0 Å². The monoisotopic (exact) mass is 370 g/mol. The summed E-state index contributed by atoms with van der Waals surface area (Å²) in [6, 6.07) is 6.27. The van der Waals surface area contributed by atoms with Crippen molar-refractivity contribution in [1.82, 2.24) is 9.21 Å². The minimum Gasteiger partial charge on any atom is -0.480 e. The predicted molar refractivity (Wildman–Crippen MR) is 89.6 cm³/mol. The number of hydrogen-bond acceptors (Lipinski definition) is 5. The van der Waals surface area contributed by atoms with Crippen LogP contribution in [0, 0.1) is 0 Å². The Bertz CT molecular complexity index is 742. The van der Waals surface area contributed by atoms with Gasteiger partial charge in [0.15, 0.2) is 0 Å². The van der Waals surface area contributed by atoms with Gasteiger partial charge in [-0.2, -0.15) is 4.31 Å². The molecule has 138 valence electrons. The zero-order valence-electron chi connectivity index (χ0n) is 14.4. The van der Waals surface area contributed by atoms with E-state index in [1.54, 1.807) is 39.0 Å². The van der Waals surface area contributed by atoms with Crippen molar-refractivity contribution in [3.8, 4) is 0 Å². The van der Waals surface area contributed by atoms with Gasteiger partial charge in [0.25, 0.3) is 0 Å². The molecular formula is C16H22N2O6S. The molecule has 0 aromatic heterocycles. The van der Waals surface area contributed by atoms with Crippen molar-refractivity contribution in [1.29, 1.82) is 0 Å². The summed E-state index contributed by atoms with van der Waals surface area (Å²) in [5, 5.41) is 9.47. The molecular weight excluding hydrogens is 348 g/mol. The van der Waals surface area contributed by atoms with Crippen LogP contribution in [0.5, 0.6) is 0 Å². The Kier molecular flexibility index (Phi) is 5.38. The highest BCUT2D eigenvalue weighted by Gasteiger charge is 2.42. The third kappa shape index (κ3) is 4.49. The summed E-state index contributed by atoms with van der Waals surface area (Å²) in [4.78, 5) is 25.0. The molecule has 25 heavy (non-hydrogen) atoms. The van der Waals surface area contributed by atoms with Crippen LogP contribution in [0.15, 0.2) is 35.2 Å². The molecule has 0 saturated carbocycles. The quantitative estimate of drug-likeness (QED) is 0.862. The van der Waals surface area contributed by atoms with Gasteiger partial charge in [0, 0.05) is 13.1 Å². The van der Waals surface area contributed by atoms with Crippen LogP contribution in [0.3, 0.4) is 0 Å². The summed E-state index contributed by atoms with van der Waals surface area (Å²) in [6.45, 7) is 4.79. The second-order valence-electron chi connectivity index (χ2n) is 6.71. The number of sulfonamides is 1. The van der Waals surface area contributed by atoms with Gasteiger partial charge in [-0.15, -0.1) is 0 Å². The van der Waals surface area contributed by atoms with Crippen LogP contribution < -0.4 is 0 Å². The summed E-state index contributed by atoms with van der Waals surface area (Å²) in [7, 11) is -3.97. The van der Waals surface area contributed by atoms with Gasteiger partial charge in [0.05, 0.1) is 11.4 Å². The average molecular weight is 370 g/mol. The lowest BCUT2D eigenvalue weighted by molar-refractivity contribution is -0.143. The first kappa shape index (κ1) is 19.2. The van der Waals surface area contributed by atoms with Crippen molar-refractivity contribution in [3.05, 3.63) is 30.3 Å². The number of benzene rings is 1. The number of aliphatic carboxylic acids is 1. The lowest BCUT2D eigenvalue weighted by atomic mass is 10.2. The van der Waals surface area contributed by atoms with Crippen LogP contribution in [0.4, 0.5) is 4.79 Å². The first-order valence-electron chi connectivity index (χ1n) is 7.80. The van der Waals surface area contributed by atoms with E-state index < -0.39 is 33.7 Å². The Balaban J connectivity index is 2.23. The van der Waals surface area contributed by atoms with Crippen molar-refractivity contribution >= 4 is 22.1 Å². The Morgan fingerprint density at radius 1 is 1.16 bits per heavy atom. The van der Waals surface area contributed by atoms with Crippen molar-refractivity contribution < 1.29 is 27.9 Å².